The van der Waals surface area contributed by atoms with E-state index in [9.17, 15) is 9.59 Å². The number of anilines is 2. The standard InChI is InChI=1S/C18H22N4O2/c1-3-11-18(2,19)17(24)21-14-9-10-15(20-12-14)22-16(23)13-7-5-4-6-8-13/h4-10,12H,3,11,19H2,1-2H3,(H,21,24)(H,20,22,23). The van der Waals surface area contributed by atoms with Gasteiger partial charge in [0.15, 0.2) is 0 Å². The van der Waals surface area contributed by atoms with E-state index in [0.717, 1.165) is 6.42 Å². The van der Waals surface area contributed by atoms with Gasteiger partial charge in [-0.2, -0.15) is 0 Å². The summed E-state index contributed by atoms with van der Waals surface area (Å²) >= 11 is 0. The molecule has 0 aliphatic heterocycles. The minimum atomic E-state index is -0.922. The lowest BCUT2D eigenvalue weighted by Crippen LogP contribution is -2.48. The Hall–Kier alpha value is -2.73. The number of carbonyl (C=O) groups is 2. The van der Waals surface area contributed by atoms with Crippen LogP contribution in [-0.2, 0) is 4.79 Å². The van der Waals surface area contributed by atoms with Gasteiger partial charge in [-0.3, -0.25) is 9.59 Å². The molecule has 1 aromatic heterocycles. The number of aromatic nitrogens is 1. The van der Waals surface area contributed by atoms with Crippen molar-refractivity contribution in [2.75, 3.05) is 10.6 Å². The zero-order valence-electron chi connectivity index (χ0n) is 13.9. The molecule has 2 aromatic rings. The average Bonchev–Trinajstić information content (AvgIpc) is 2.57. The Labute approximate surface area is 141 Å². The lowest BCUT2D eigenvalue weighted by molar-refractivity contribution is -0.120. The number of nitrogens with one attached hydrogen (secondary N) is 2. The maximum atomic E-state index is 12.1. The van der Waals surface area contributed by atoms with Crippen LogP contribution in [0.3, 0.4) is 0 Å². The van der Waals surface area contributed by atoms with Gasteiger partial charge in [0.2, 0.25) is 5.91 Å². The van der Waals surface area contributed by atoms with Crippen LogP contribution in [0.1, 0.15) is 37.0 Å². The highest BCUT2D eigenvalue weighted by Crippen LogP contribution is 2.15. The van der Waals surface area contributed by atoms with E-state index in [4.69, 9.17) is 5.73 Å². The second kappa shape index (κ2) is 7.70. The molecule has 6 nitrogen and oxygen atoms in total. The predicted octanol–water partition coefficient (Wildman–Crippen LogP) is 2.79. The minimum Gasteiger partial charge on any atom is -0.323 e. The zero-order valence-corrected chi connectivity index (χ0v) is 13.9. The number of carbonyl (C=O) groups excluding carboxylic acids is 2. The van der Waals surface area contributed by atoms with E-state index in [0.29, 0.717) is 23.5 Å². The van der Waals surface area contributed by atoms with E-state index in [1.807, 2.05) is 13.0 Å². The summed E-state index contributed by atoms with van der Waals surface area (Å²) in [6.07, 6.45) is 2.90. The SMILES string of the molecule is CCCC(C)(N)C(=O)Nc1ccc(NC(=O)c2ccccc2)nc1. The third-order valence-corrected chi connectivity index (χ3v) is 3.59. The second-order valence-electron chi connectivity index (χ2n) is 5.87. The quantitative estimate of drug-likeness (QED) is 0.760. The van der Waals surface area contributed by atoms with Crippen LogP contribution in [0.25, 0.3) is 0 Å². The van der Waals surface area contributed by atoms with Gasteiger partial charge >= 0.3 is 0 Å². The van der Waals surface area contributed by atoms with Crippen molar-refractivity contribution in [3.63, 3.8) is 0 Å². The van der Waals surface area contributed by atoms with Gasteiger partial charge in [-0.15, -0.1) is 0 Å². The van der Waals surface area contributed by atoms with Gasteiger partial charge in [0.25, 0.3) is 5.91 Å². The molecule has 1 heterocycles. The summed E-state index contributed by atoms with van der Waals surface area (Å²) in [5.74, 6) is -0.0875. The van der Waals surface area contributed by atoms with Gasteiger partial charge in [-0.05, 0) is 37.6 Å². The number of nitrogens with zero attached hydrogens (tertiary/aromatic N) is 1. The number of amides is 2. The smallest absolute Gasteiger partial charge is 0.256 e. The van der Waals surface area contributed by atoms with Crippen LogP contribution >= 0.6 is 0 Å². The molecule has 0 saturated carbocycles. The zero-order chi connectivity index (χ0) is 17.6. The summed E-state index contributed by atoms with van der Waals surface area (Å²) in [4.78, 5) is 28.3. The molecule has 1 atom stereocenters. The van der Waals surface area contributed by atoms with Crippen molar-refractivity contribution in [2.45, 2.75) is 32.2 Å². The maximum Gasteiger partial charge on any atom is 0.256 e. The molecule has 0 fully saturated rings. The first kappa shape index (κ1) is 17.6. The molecule has 0 bridgehead atoms. The van der Waals surface area contributed by atoms with E-state index in [2.05, 4.69) is 15.6 Å². The van der Waals surface area contributed by atoms with Crippen molar-refractivity contribution in [1.82, 2.24) is 4.98 Å². The predicted molar refractivity (Wildman–Crippen MR) is 94.8 cm³/mol. The summed E-state index contributed by atoms with van der Waals surface area (Å²) < 4.78 is 0. The fourth-order valence-corrected chi connectivity index (χ4v) is 2.23. The number of hydrogen-bond donors (Lipinski definition) is 3. The third kappa shape index (κ3) is 4.63. The Bertz CT molecular complexity index is 697. The van der Waals surface area contributed by atoms with Crippen molar-refractivity contribution in [2.24, 2.45) is 5.73 Å². The molecule has 4 N–H and O–H groups in total. The summed E-state index contributed by atoms with van der Waals surface area (Å²) in [5.41, 5.74) is 6.15. The molecule has 0 spiro atoms. The normalized spacial score (nSPS) is 13.0. The van der Waals surface area contributed by atoms with Crippen LogP contribution in [-0.4, -0.2) is 22.3 Å². The van der Waals surface area contributed by atoms with E-state index in [1.54, 1.807) is 43.3 Å². The van der Waals surface area contributed by atoms with Crippen LogP contribution in [0.4, 0.5) is 11.5 Å². The monoisotopic (exact) mass is 326 g/mol. The first-order valence-electron chi connectivity index (χ1n) is 7.85. The van der Waals surface area contributed by atoms with Crippen LogP contribution in [0, 0.1) is 0 Å². The van der Waals surface area contributed by atoms with Crippen molar-refractivity contribution in [3.05, 3.63) is 54.2 Å². The minimum absolute atomic E-state index is 0.239. The first-order chi connectivity index (χ1) is 11.4. The van der Waals surface area contributed by atoms with E-state index < -0.39 is 5.54 Å². The van der Waals surface area contributed by atoms with Crippen LogP contribution < -0.4 is 16.4 Å². The number of benzene rings is 1. The molecule has 126 valence electrons. The highest BCUT2D eigenvalue weighted by atomic mass is 16.2. The average molecular weight is 326 g/mol. The van der Waals surface area contributed by atoms with E-state index in [-0.39, 0.29) is 11.8 Å². The molecular formula is C18H22N4O2. The first-order valence-corrected chi connectivity index (χ1v) is 7.85. The molecule has 2 rings (SSSR count). The van der Waals surface area contributed by atoms with Crippen molar-refractivity contribution in [1.29, 1.82) is 0 Å². The maximum absolute atomic E-state index is 12.1. The second-order valence-corrected chi connectivity index (χ2v) is 5.87. The number of nitrogens with two attached hydrogens (primary N) is 1. The lowest BCUT2D eigenvalue weighted by Gasteiger charge is -2.22. The summed E-state index contributed by atoms with van der Waals surface area (Å²) in [7, 11) is 0. The Morgan fingerprint density at radius 2 is 1.83 bits per heavy atom. The molecular weight excluding hydrogens is 304 g/mol. The molecule has 0 saturated heterocycles. The van der Waals surface area contributed by atoms with Gasteiger partial charge in [0, 0.05) is 5.56 Å². The van der Waals surface area contributed by atoms with E-state index in [1.165, 1.54) is 6.20 Å². The molecule has 0 aliphatic carbocycles. The van der Waals surface area contributed by atoms with Crippen molar-refractivity contribution < 1.29 is 9.59 Å². The number of rotatable bonds is 6. The van der Waals surface area contributed by atoms with Crippen LogP contribution in [0.2, 0.25) is 0 Å². The van der Waals surface area contributed by atoms with Crippen LogP contribution in [0.5, 0.6) is 0 Å². The molecule has 1 aromatic carbocycles. The van der Waals surface area contributed by atoms with Gasteiger partial charge < -0.3 is 16.4 Å². The van der Waals surface area contributed by atoms with Gasteiger partial charge in [-0.25, -0.2) is 4.98 Å². The Balaban J connectivity index is 1.98. The number of pyridine rings is 1. The summed E-state index contributed by atoms with van der Waals surface area (Å²) in [5, 5.41) is 5.44. The fraction of sp³-hybridized carbons (Fsp3) is 0.278. The van der Waals surface area contributed by atoms with E-state index >= 15 is 0 Å². The summed E-state index contributed by atoms with van der Waals surface area (Å²) in [6, 6.07) is 12.2. The molecule has 2 amide bonds. The Morgan fingerprint density at radius 3 is 2.42 bits per heavy atom. The topological polar surface area (TPSA) is 97.1 Å². The van der Waals surface area contributed by atoms with Gasteiger partial charge in [-0.1, -0.05) is 31.5 Å². The third-order valence-electron chi connectivity index (χ3n) is 3.59. The highest BCUT2D eigenvalue weighted by Gasteiger charge is 2.27. The molecule has 0 radical (unpaired) electrons. The van der Waals surface area contributed by atoms with Crippen molar-refractivity contribution in [3.8, 4) is 0 Å². The van der Waals surface area contributed by atoms with Gasteiger partial charge in [0.1, 0.15) is 5.82 Å². The lowest BCUT2D eigenvalue weighted by atomic mass is 9.96. The highest BCUT2D eigenvalue weighted by molar-refractivity contribution is 6.03. The van der Waals surface area contributed by atoms with Crippen molar-refractivity contribution >= 4 is 23.3 Å². The van der Waals surface area contributed by atoms with Crippen LogP contribution in [0.15, 0.2) is 48.7 Å². The molecule has 0 aliphatic rings. The number of hydrogen-bond acceptors (Lipinski definition) is 4. The Morgan fingerprint density at radius 1 is 1.12 bits per heavy atom. The van der Waals surface area contributed by atoms with Gasteiger partial charge in [0.05, 0.1) is 17.4 Å². The molecule has 6 heteroatoms. The molecule has 24 heavy (non-hydrogen) atoms. The summed E-state index contributed by atoms with van der Waals surface area (Å²) in [6.45, 7) is 3.68. The molecule has 1 unspecified atom stereocenters. The fourth-order valence-electron chi connectivity index (χ4n) is 2.23. The largest absolute Gasteiger partial charge is 0.323 e. The Kier molecular flexibility index (Phi) is 5.65.